The van der Waals surface area contributed by atoms with E-state index in [0.717, 1.165) is 0 Å². The molecule has 0 saturated carbocycles. The van der Waals surface area contributed by atoms with E-state index in [9.17, 15) is 9.59 Å². The summed E-state index contributed by atoms with van der Waals surface area (Å²) in [5, 5.41) is 11.4. The van der Waals surface area contributed by atoms with Crippen LogP contribution in [0.25, 0.3) is 0 Å². The minimum Gasteiger partial charge on any atom is -0.478 e. The van der Waals surface area contributed by atoms with Crippen LogP contribution in [-0.2, 0) is 4.74 Å². The lowest BCUT2D eigenvalue weighted by Crippen LogP contribution is -2.05. The van der Waals surface area contributed by atoms with Gasteiger partial charge in [-0.1, -0.05) is 0 Å². The first-order valence-electron chi connectivity index (χ1n) is 5.15. The zero-order valence-electron chi connectivity index (χ0n) is 10.2. The molecule has 0 spiro atoms. The SMILES string of the molecule is CCOC(=O)c1ccc(C(=O)O)cc1.CNC. The highest BCUT2D eigenvalue weighted by Crippen LogP contribution is 2.05. The molecule has 0 unspecified atom stereocenters. The molecule has 0 heterocycles. The van der Waals surface area contributed by atoms with Crippen LogP contribution >= 0.6 is 0 Å². The Morgan fingerprint density at radius 1 is 1.18 bits per heavy atom. The zero-order valence-corrected chi connectivity index (χ0v) is 10.2. The number of benzene rings is 1. The molecule has 0 radical (unpaired) electrons. The topological polar surface area (TPSA) is 75.6 Å². The van der Waals surface area contributed by atoms with Gasteiger partial charge in [0.2, 0.25) is 0 Å². The van der Waals surface area contributed by atoms with E-state index in [1.165, 1.54) is 24.3 Å². The Kier molecular flexibility index (Phi) is 7.38. The highest BCUT2D eigenvalue weighted by molar-refractivity contribution is 5.92. The highest BCUT2D eigenvalue weighted by atomic mass is 16.5. The number of carbonyl (C=O) groups is 2. The van der Waals surface area contributed by atoms with Crippen LogP contribution in [0.15, 0.2) is 24.3 Å². The van der Waals surface area contributed by atoms with Crippen molar-refractivity contribution in [2.75, 3.05) is 20.7 Å². The van der Waals surface area contributed by atoms with Crippen molar-refractivity contribution in [3.05, 3.63) is 35.4 Å². The van der Waals surface area contributed by atoms with Crippen molar-refractivity contribution in [3.8, 4) is 0 Å². The second-order valence-electron chi connectivity index (χ2n) is 3.10. The molecule has 0 aliphatic heterocycles. The minimum absolute atomic E-state index is 0.151. The molecule has 1 aromatic rings. The van der Waals surface area contributed by atoms with Crippen LogP contribution in [0.5, 0.6) is 0 Å². The third kappa shape index (κ3) is 5.67. The van der Waals surface area contributed by atoms with Crippen molar-refractivity contribution >= 4 is 11.9 Å². The van der Waals surface area contributed by atoms with Gasteiger partial charge in [-0.2, -0.15) is 0 Å². The predicted molar refractivity (Wildman–Crippen MR) is 64.3 cm³/mol. The van der Waals surface area contributed by atoms with Gasteiger partial charge in [0, 0.05) is 0 Å². The molecule has 0 amide bonds. The maximum Gasteiger partial charge on any atom is 0.338 e. The number of ether oxygens (including phenoxy) is 1. The normalized spacial score (nSPS) is 8.88. The van der Waals surface area contributed by atoms with E-state index in [2.05, 4.69) is 5.32 Å². The maximum atomic E-state index is 11.2. The number of carbonyl (C=O) groups excluding carboxylic acids is 1. The lowest BCUT2D eigenvalue weighted by molar-refractivity contribution is 0.0525. The van der Waals surface area contributed by atoms with Gasteiger partial charge in [-0.3, -0.25) is 0 Å². The van der Waals surface area contributed by atoms with Gasteiger partial charge in [0.25, 0.3) is 0 Å². The smallest absolute Gasteiger partial charge is 0.338 e. The fourth-order valence-electron chi connectivity index (χ4n) is 0.963. The Morgan fingerprint density at radius 2 is 1.59 bits per heavy atom. The largest absolute Gasteiger partial charge is 0.478 e. The van der Waals surface area contributed by atoms with Crippen molar-refractivity contribution in [1.29, 1.82) is 0 Å². The summed E-state index contributed by atoms with van der Waals surface area (Å²) in [6.07, 6.45) is 0. The number of aromatic carboxylic acids is 1. The Balaban J connectivity index is 0.000000770. The van der Waals surface area contributed by atoms with Crippen LogP contribution in [0, 0.1) is 0 Å². The summed E-state index contributed by atoms with van der Waals surface area (Å²) in [6.45, 7) is 2.02. The van der Waals surface area contributed by atoms with E-state index in [-0.39, 0.29) is 5.56 Å². The maximum absolute atomic E-state index is 11.2. The number of rotatable bonds is 3. The quantitative estimate of drug-likeness (QED) is 0.780. The number of carboxylic acids is 1. The van der Waals surface area contributed by atoms with Crippen LogP contribution in [0.1, 0.15) is 27.6 Å². The van der Waals surface area contributed by atoms with Gasteiger partial charge in [0.1, 0.15) is 0 Å². The monoisotopic (exact) mass is 239 g/mol. The molecule has 94 valence electrons. The van der Waals surface area contributed by atoms with Gasteiger partial charge in [-0.25, -0.2) is 9.59 Å². The second-order valence-corrected chi connectivity index (χ2v) is 3.10. The molecule has 1 rings (SSSR count). The summed E-state index contributed by atoms with van der Waals surface area (Å²) in [5.41, 5.74) is 0.509. The lowest BCUT2D eigenvalue weighted by Gasteiger charge is -2.01. The Morgan fingerprint density at radius 3 is 1.94 bits per heavy atom. The number of carboxylic acid groups (broad SMARTS) is 1. The molecule has 0 atom stereocenters. The zero-order chi connectivity index (χ0) is 13.3. The number of esters is 1. The first-order valence-corrected chi connectivity index (χ1v) is 5.15. The molecule has 2 N–H and O–H groups in total. The molecule has 0 aliphatic rings. The highest BCUT2D eigenvalue weighted by Gasteiger charge is 2.07. The summed E-state index contributed by atoms with van der Waals surface area (Å²) >= 11 is 0. The Labute approximate surface area is 100 Å². The standard InChI is InChI=1S/C10H10O4.C2H7N/c1-2-14-10(13)8-5-3-7(4-6-8)9(11)12;1-3-2/h3-6H,2H2,1H3,(H,11,12);3H,1-2H3. The lowest BCUT2D eigenvalue weighted by atomic mass is 10.1. The van der Waals surface area contributed by atoms with Gasteiger partial charge in [0.15, 0.2) is 0 Å². The Hall–Kier alpha value is -1.88. The molecule has 0 saturated heterocycles. The van der Waals surface area contributed by atoms with Gasteiger partial charge in [-0.15, -0.1) is 0 Å². The van der Waals surface area contributed by atoms with Gasteiger partial charge in [-0.05, 0) is 45.3 Å². The molecule has 0 aliphatic carbocycles. The number of hydrogen-bond acceptors (Lipinski definition) is 4. The summed E-state index contributed by atoms with van der Waals surface area (Å²) in [4.78, 5) is 21.6. The van der Waals surface area contributed by atoms with Crippen molar-refractivity contribution in [3.63, 3.8) is 0 Å². The number of nitrogens with one attached hydrogen (secondary N) is 1. The van der Waals surface area contributed by atoms with Crippen LogP contribution in [-0.4, -0.2) is 37.7 Å². The average molecular weight is 239 g/mol. The third-order valence-electron chi connectivity index (χ3n) is 1.64. The average Bonchev–Trinajstić information content (AvgIpc) is 2.30. The van der Waals surface area contributed by atoms with Crippen molar-refractivity contribution in [1.82, 2.24) is 5.32 Å². The van der Waals surface area contributed by atoms with E-state index < -0.39 is 11.9 Å². The van der Waals surface area contributed by atoms with Gasteiger partial charge < -0.3 is 15.2 Å². The molecule has 17 heavy (non-hydrogen) atoms. The van der Waals surface area contributed by atoms with Crippen molar-refractivity contribution in [2.45, 2.75) is 6.92 Å². The summed E-state index contributed by atoms with van der Waals surface area (Å²) < 4.78 is 4.74. The van der Waals surface area contributed by atoms with Crippen LogP contribution in [0.3, 0.4) is 0 Å². The summed E-state index contributed by atoms with van der Waals surface area (Å²) in [6, 6.07) is 5.60. The molecular formula is C12H17NO4. The van der Waals surface area contributed by atoms with E-state index in [1.807, 2.05) is 14.1 Å². The van der Waals surface area contributed by atoms with E-state index >= 15 is 0 Å². The van der Waals surface area contributed by atoms with E-state index in [0.29, 0.717) is 12.2 Å². The first-order chi connectivity index (χ1) is 8.06. The first kappa shape index (κ1) is 15.1. The predicted octanol–water partition coefficient (Wildman–Crippen LogP) is 1.40. The molecule has 5 nitrogen and oxygen atoms in total. The van der Waals surface area contributed by atoms with Crippen LogP contribution < -0.4 is 5.32 Å². The molecular weight excluding hydrogens is 222 g/mol. The van der Waals surface area contributed by atoms with Gasteiger partial charge in [0.05, 0.1) is 17.7 Å². The molecule has 0 bridgehead atoms. The fourth-order valence-corrected chi connectivity index (χ4v) is 0.963. The van der Waals surface area contributed by atoms with Crippen LogP contribution in [0.2, 0.25) is 0 Å². The third-order valence-corrected chi connectivity index (χ3v) is 1.64. The molecule has 0 fully saturated rings. The molecule has 5 heteroatoms. The Bertz CT molecular complexity index is 359. The second kappa shape index (κ2) is 8.29. The van der Waals surface area contributed by atoms with E-state index in [1.54, 1.807) is 6.92 Å². The minimum atomic E-state index is -1.01. The fraction of sp³-hybridized carbons (Fsp3) is 0.333. The molecule has 0 aromatic heterocycles. The van der Waals surface area contributed by atoms with Crippen LogP contribution in [0.4, 0.5) is 0 Å². The molecule has 1 aromatic carbocycles. The summed E-state index contributed by atoms with van der Waals surface area (Å²) in [7, 11) is 3.75. The van der Waals surface area contributed by atoms with Crippen molar-refractivity contribution in [2.24, 2.45) is 0 Å². The van der Waals surface area contributed by atoms with E-state index in [4.69, 9.17) is 9.84 Å². The number of hydrogen-bond donors (Lipinski definition) is 2. The van der Waals surface area contributed by atoms with Gasteiger partial charge >= 0.3 is 11.9 Å². The summed E-state index contributed by atoms with van der Waals surface area (Å²) in [5.74, 6) is -1.45. The van der Waals surface area contributed by atoms with Crippen molar-refractivity contribution < 1.29 is 19.4 Å².